The molecular formula is C11H17N3O2. The van der Waals surface area contributed by atoms with Gasteiger partial charge in [-0.1, -0.05) is 0 Å². The topological polar surface area (TPSA) is 74.2 Å². The molecule has 0 aliphatic heterocycles. The van der Waals surface area contributed by atoms with Gasteiger partial charge in [0.15, 0.2) is 0 Å². The maximum absolute atomic E-state index is 11.3. The summed E-state index contributed by atoms with van der Waals surface area (Å²) in [7, 11) is 0. The summed E-state index contributed by atoms with van der Waals surface area (Å²) < 4.78 is 0. The van der Waals surface area contributed by atoms with Crippen LogP contribution in [-0.2, 0) is 11.3 Å². The number of hydrogen-bond donors (Lipinski definition) is 3. The minimum atomic E-state index is -0.0335. The second-order valence-corrected chi connectivity index (χ2v) is 3.83. The molecule has 0 fully saturated rings. The van der Waals surface area contributed by atoms with Crippen LogP contribution < -0.4 is 10.6 Å². The smallest absolute Gasteiger partial charge is 0.234 e. The number of aromatic hydroxyl groups is 1. The molecule has 16 heavy (non-hydrogen) atoms. The summed E-state index contributed by atoms with van der Waals surface area (Å²) in [4.78, 5) is 15.3. The van der Waals surface area contributed by atoms with E-state index in [9.17, 15) is 4.79 Å². The standard InChI is InChI=1S/C11H17N3O2/c1-8(2)14-11(16)7-12-5-9-3-4-10(15)6-13-9/h3-4,6,8,12,15H,5,7H2,1-2H3,(H,14,16). The number of hydrogen-bond acceptors (Lipinski definition) is 4. The van der Waals surface area contributed by atoms with Gasteiger partial charge in [-0.3, -0.25) is 9.78 Å². The van der Waals surface area contributed by atoms with Gasteiger partial charge in [-0.25, -0.2) is 0 Å². The zero-order chi connectivity index (χ0) is 12.0. The van der Waals surface area contributed by atoms with Crippen molar-refractivity contribution in [3.63, 3.8) is 0 Å². The normalized spacial score (nSPS) is 10.4. The average Bonchev–Trinajstić information content (AvgIpc) is 2.20. The number of aromatic nitrogens is 1. The van der Waals surface area contributed by atoms with E-state index in [0.717, 1.165) is 5.69 Å². The van der Waals surface area contributed by atoms with Crippen LogP contribution in [0.5, 0.6) is 5.75 Å². The van der Waals surface area contributed by atoms with Crippen LogP contribution in [0.25, 0.3) is 0 Å². The van der Waals surface area contributed by atoms with Crippen molar-refractivity contribution in [3.05, 3.63) is 24.0 Å². The molecule has 3 N–H and O–H groups in total. The minimum absolute atomic E-state index is 0.0335. The van der Waals surface area contributed by atoms with Crippen molar-refractivity contribution in [1.29, 1.82) is 0 Å². The van der Waals surface area contributed by atoms with Gasteiger partial charge in [-0.15, -0.1) is 0 Å². The van der Waals surface area contributed by atoms with E-state index in [1.165, 1.54) is 6.20 Å². The lowest BCUT2D eigenvalue weighted by atomic mass is 10.3. The molecule has 0 saturated heterocycles. The van der Waals surface area contributed by atoms with E-state index in [1.807, 2.05) is 13.8 Å². The fraction of sp³-hybridized carbons (Fsp3) is 0.455. The average molecular weight is 223 g/mol. The van der Waals surface area contributed by atoms with Gasteiger partial charge in [0.25, 0.3) is 0 Å². The fourth-order valence-electron chi connectivity index (χ4n) is 1.20. The Bertz CT molecular complexity index is 336. The van der Waals surface area contributed by atoms with Crippen molar-refractivity contribution in [2.24, 2.45) is 0 Å². The Kier molecular flexibility index (Phi) is 4.72. The Morgan fingerprint density at radius 2 is 2.25 bits per heavy atom. The Morgan fingerprint density at radius 3 is 2.81 bits per heavy atom. The second-order valence-electron chi connectivity index (χ2n) is 3.83. The molecule has 0 saturated carbocycles. The van der Waals surface area contributed by atoms with Crippen LogP contribution in [-0.4, -0.2) is 28.6 Å². The molecule has 0 aliphatic rings. The number of amides is 1. The molecule has 0 atom stereocenters. The van der Waals surface area contributed by atoms with E-state index < -0.39 is 0 Å². The van der Waals surface area contributed by atoms with E-state index >= 15 is 0 Å². The molecule has 0 spiro atoms. The van der Waals surface area contributed by atoms with Crippen LogP contribution in [0.1, 0.15) is 19.5 Å². The maximum atomic E-state index is 11.3. The maximum Gasteiger partial charge on any atom is 0.234 e. The summed E-state index contributed by atoms with van der Waals surface area (Å²) in [5, 5.41) is 14.8. The van der Waals surface area contributed by atoms with Crippen LogP contribution in [0, 0.1) is 0 Å². The highest BCUT2D eigenvalue weighted by molar-refractivity contribution is 5.78. The Balaban J connectivity index is 2.25. The Hall–Kier alpha value is -1.62. The number of pyridine rings is 1. The van der Waals surface area contributed by atoms with Gasteiger partial charge in [0, 0.05) is 12.6 Å². The summed E-state index contributed by atoms with van der Waals surface area (Å²) in [6.07, 6.45) is 1.38. The van der Waals surface area contributed by atoms with Gasteiger partial charge in [-0.05, 0) is 26.0 Å². The molecule has 1 aromatic heterocycles. The van der Waals surface area contributed by atoms with Gasteiger partial charge in [-0.2, -0.15) is 0 Å². The van der Waals surface area contributed by atoms with Crippen LogP contribution >= 0.6 is 0 Å². The largest absolute Gasteiger partial charge is 0.506 e. The summed E-state index contributed by atoms with van der Waals surface area (Å²) in [5.74, 6) is 0.107. The molecular weight excluding hydrogens is 206 g/mol. The van der Waals surface area contributed by atoms with Crippen LogP contribution in [0.3, 0.4) is 0 Å². The van der Waals surface area contributed by atoms with E-state index in [2.05, 4.69) is 15.6 Å². The van der Waals surface area contributed by atoms with Crippen molar-refractivity contribution in [2.75, 3.05) is 6.54 Å². The van der Waals surface area contributed by atoms with Gasteiger partial charge in [0.2, 0.25) is 5.91 Å². The van der Waals surface area contributed by atoms with Gasteiger partial charge in [0.05, 0.1) is 18.4 Å². The zero-order valence-corrected chi connectivity index (χ0v) is 9.53. The SMILES string of the molecule is CC(C)NC(=O)CNCc1ccc(O)cn1. The zero-order valence-electron chi connectivity index (χ0n) is 9.53. The Labute approximate surface area is 94.9 Å². The monoisotopic (exact) mass is 223 g/mol. The van der Waals surface area contributed by atoms with Crippen molar-refractivity contribution >= 4 is 5.91 Å². The molecule has 0 bridgehead atoms. The molecule has 0 aromatic carbocycles. The predicted octanol–water partition coefficient (Wildman–Crippen LogP) is 0.401. The van der Waals surface area contributed by atoms with Crippen LogP contribution in [0.4, 0.5) is 0 Å². The van der Waals surface area contributed by atoms with Gasteiger partial charge in [0.1, 0.15) is 5.75 Å². The molecule has 5 heteroatoms. The minimum Gasteiger partial charge on any atom is -0.506 e. The lowest BCUT2D eigenvalue weighted by molar-refractivity contribution is -0.120. The highest BCUT2D eigenvalue weighted by Gasteiger charge is 2.02. The van der Waals surface area contributed by atoms with Crippen molar-refractivity contribution in [3.8, 4) is 5.75 Å². The third-order valence-corrected chi connectivity index (χ3v) is 1.85. The predicted molar refractivity (Wildman–Crippen MR) is 60.9 cm³/mol. The van der Waals surface area contributed by atoms with Gasteiger partial charge >= 0.3 is 0 Å². The third kappa shape index (κ3) is 4.75. The van der Waals surface area contributed by atoms with Crippen molar-refractivity contribution < 1.29 is 9.90 Å². The number of nitrogens with one attached hydrogen (secondary N) is 2. The first-order valence-corrected chi connectivity index (χ1v) is 5.22. The number of rotatable bonds is 5. The summed E-state index contributed by atoms with van der Waals surface area (Å²) >= 11 is 0. The lowest BCUT2D eigenvalue weighted by Gasteiger charge is -2.08. The van der Waals surface area contributed by atoms with Crippen LogP contribution in [0.2, 0.25) is 0 Å². The second kappa shape index (κ2) is 6.07. The van der Waals surface area contributed by atoms with E-state index in [-0.39, 0.29) is 24.2 Å². The molecule has 1 heterocycles. The van der Waals surface area contributed by atoms with E-state index in [4.69, 9.17) is 5.11 Å². The highest BCUT2D eigenvalue weighted by atomic mass is 16.3. The summed E-state index contributed by atoms with van der Waals surface area (Å²) in [6, 6.07) is 3.43. The Morgan fingerprint density at radius 1 is 1.50 bits per heavy atom. The molecule has 1 amide bonds. The number of carbonyl (C=O) groups is 1. The van der Waals surface area contributed by atoms with Crippen molar-refractivity contribution in [1.82, 2.24) is 15.6 Å². The molecule has 1 aromatic rings. The summed E-state index contributed by atoms with van der Waals surface area (Å²) in [6.45, 7) is 4.60. The third-order valence-electron chi connectivity index (χ3n) is 1.85. The highest BCUT2D eigenvalue weighted by Crippen LogP contribution is 2.05. The number of carbonyl (C=O) groups excluding carboxylic acids is 1. The van der Waals surface area contributed by atoms with Crippen LogP contribution in [0.15, 0.2) is 18.3 Å². The lowest BCUT2D eigenvalue weighted by Crippen LogP contribution is -2.37. The molecule has 0 unspecified atom stereocenters. The first kappa shape index (κ1) is 12.4. The first-order chi connectivity index (χ1) is 7.58. The summed E-state index contributed by atoms with van der Waals surface area (Å²) in [5.41, 5.74) is 0.787. The van der Waals surface area contributed by atoms with Crippen molar-refractivity contribution in [2.45, 2.75) is 26.4 Å². The van der Waals surface area contributed by atoms with Gasteiger partial charge < -0.3 is 15.7 Å². The number of nitrogens with zero attached hydrogens (tertiary/aromatic N) is 1. The first-order valence-electron chi connectivity index (χ1n) is 5.22. The molecule has 1 rings (SSSR count). The molecule has 5 nitrogen and oxygen atoms in total. The van der Waals surface area contributed by atoms with E-state index in [0.29, 0.717) is 6.54 Å². The fourth-order valence-corrected chi connectivity index (χ4v) is 1.20. The quantitative estimate of drug-likeness (QED) is 0.675. The molecule has 88 valence electrons. The van der Waals surface area contributed by atoms with E-state index in [1.54, 1.807) is 12.1 Å². The molecule has 0 aliphatic carbocycles. The molecule has 0 radical (unpaired) electrons.